The van der Waals surface area contributed by atoms with Gasteiger partial charge in [0.1, 0.15) is 5.82 Å². The predicted octanol–water partition coefficient (Wildman–Crippen LogP) is 4.94. The highest BCUT2D eigenvalue weighted by Crippen LogP contribution is 2.34. The lowest BCUT2D eigenvalue weighted by atomic mass is 9.88. The third-order valence-corrected chi connectivity index (χ3v) is 5.65. The zero-order valence-electron chi connectivity index (χ0n) is 13.2. The number of H-pyrrole nitrogens is 1. The minimum Gasteiger partial charge on any atom is -0.341 e. The van der Waals surface area contributed by atoms with Crippen LogP contribution in [0.25, 0.3) is 5.57 Å². The molecule has 1 unspecified atom stereocenters. The van der Waals surface area contributed by atoms with Gasteiger partial charge in [-0.15, -0.1) is 0 Å². The minimum atomic E-state index is 0.414. The summed E-state index contributed by atoms with van der Waals surface area (Å²) in [6.45, 7) is 1.11. The van der Waals surface area contributed by atoms with Crippen LogP contribution < -0.4 is 5.32 Å². The number of hydrogen-bond donors (Lipinski definition) is 2. The van der Waals surface area contributed by atoms with E-state index < -0.39 is 0 Å². The molecule has 3 nitrogen and oxygen atoms in total. The first-order valence-electron chi connectivity index (χ1n) is 8.53. The molecule has 1 aromatic rings. The van der Waals surface area contributed by atoms with Crippen LogP contribution in [0.2, 0.25) is 0 Å². The summed E-state index contributed by atoms with van der Waals surface area (Å²) in [5, 5.41) is 3.50. The largest absolute Gasteiger partial charge is 0.341 e. The van der Waals surface area contributed by atoms with Crippen LogP contribution in [0, 0.1) is 0 Å². The fourth-order valence-corrected chi connectivity index (χ4v) is 3.93. The Hall–Kier alpha value is -1.39. The molecule has 0 bridgehead atoms. The summed E-state index contributed by atoms with van der Waals surface area (Å²) >= 11 is 3.58. The van der Waals surface area contributed by atoms with Crippen LogP contribution >= 0.6 is 15.9 Å². The van der Waals surface area contributed by atoms with E-state index in [1.54, 1.807) is 0 Å². The molecule has 1 aromatic heterocycles. The first kappa shape index (κ1) is 15.2. The van der Waals surface area contributed by atoms with Gasteiger partial charge in [-0.2, -0.15) is 0 Å². The molecule has 1 fully saturated rings. The molecule has 0 saturated carbocycles. The maximum atomic E-state index is 4.59. The Morgan fingerprint density at radius 2 is 1.70 bits per heavy atom. The van der Waals surface area contributed by atoms with Crippen LogP contribution in [-0.2, 0) is 0 Å². The van der Waals surface area contributed by atoms with Crippen molar-refractivity contribution in [2.75, 3.05) is 6.54 Å². The van der Waals surface area contributed by atoms with Crippen LogP contribution in [0.4, 0.5) is 0 Å². The van der Waals surface area contributed by atoms with Crippen molar-refractivity contribution in [3.8, 4) is 0 Å². The van der Waals surface area contributed by atoms with Gasteiger partial charge in [-0.25, -0.2) is 4.98 Å². The number of nitrogens with zero attached hydrogens (tertiary/aromatic N) is 1. The highest BCUT2D eigenvalue weighted by molar-refractivity contribution is 9.11. The van der Waals surface area contributed by atoms with Gasteiger partial charge in [0.25, 0.3) is 0 Å². The molecule has 1 aliphatic heterocycles. The van der Waals surface area contributed by atoms with Crippen LogP contribution in [-0.4, -0.2) is 16.5 Å². The van der Waals surface area contributed by atoms with E-state index in [9.17, 15) is 0 Å². The second kappa shape index (κ2) is 6.62. The monoisotopic (exact) mass is 371 g/mol. The average molecular weight is 372 g/mol. The van der Waals surface area contributed by atoms with Crippen LogP contribution in [0.5, 0.6) is 0 Å². The van der Waals surface area contributed by atoms with Crippen LogP contribution in [0.1, 0.15) is 56.1 Å². The van der Waals surface area contributed by atoms with Crippen molar-refractivity contribution in [2.45, 2.75) is 44.6 Å². The number of aromatic amines is 1. The van der Waals surface area contributed by atoms with Crippen molar-refractivity contribution in [2.24, 2.45) is 0 Å². The van der Waals surface area contributed by atoms with E-state index in [2.05, 4.69) is 55.5 Å². The lowest BCUT2D eigenvalue weighted by molar-refractivity contribution is 0.612. The molecular formula is C19H22BrN3. The maximum Gasteiger partial charge on any atom is 0.123 e. The molecule has 0 aromatic carbocycles. The van der Waals surface area contributed by atoms with E-state index in [-0.39, 0.29) is 0 Å². The molecule has 2 heterocycles. The molecule has 1 atom stereocenters. The van der Waals surface area contributed by atoms with Crippen molar-refractivity contribution >= 4 is 21.5 Å². The van der Waals surface area contributed by atoms with Gasteiger partial charge in [0.05, 0.1) is 17.9 Å². The van der Waals surface area contributed by atoms with Crippen LogP contribution in [0.15, 0.2) is 46.1 Å². The van der Waals surface area contributed by atoms with E-state index in [4.69, 9.17) is 0 Å². The molecule has 2 aliphatic carbocycles. The van der Waals surface area contributed by atoms with Gasteiger partial charge in [-0.1, -0.05) is 40.2 Å². The average Bonchev–Trinajstić information content (AvgIpc) is 3.27. The Morgan fingerprint density at radius 1 is 0.957 bits per heavy atom. The van der Waals surface area contributed by atoms with E-state index in [0.717, 1.165) is 38.1 Å². The predicted molar refractivity (Wildman–Crippen MR) is 98.2 cm³/mol. The molecule has 23 heavy (non-hydrogen) atoms. The van der Waals surface area contributed by atoms with Gasteiger partial charge in [-0.3, -0.25) is 0 Å². The highest BCUT2D eigenvalue weighted by Gasteiger charge is 2.20. The smallest absolute Gasteiger partial charge is 0.123 e. The third kappa shape index (κ3) is 3.29. The number of rotatable bonds is 3. The zero-order chi connectivity index (χ0) is 15.6. The number of aromatic nitrogens is 2. The van der Waals surface area contributed by atoms with Crippen LogP contribution in [0.3, 0.4) is 0 Å². The summed E-state index contributed by atoms with van der Waals surface area (Å²) in [4.78, 5) is 8.11. The van der Waals surface area contributed by atoms with E-state index in [0.29, 0.717) is 6.04 Å². The number of allylic oxidation sites excluding steroid dienone is 8. The molecule has 0 radical (unpaired) electrons. The van der Waals surface area contributed by atoms with Gasteiger partial charge in [0.15, 0.2) is 0 Å². The Morgan fingerprint density at radius 3 is 2.35 bits per heavy atom. The summed E-state index contributed by atoms with van der Waals surface area (Å²) in [6.07, 6.45) is 17.9. The lowest BCUT2D eigenvalue weighted by Crippen LogP contribution is -2.14. The fourth-order valence-electron chi connectivity index (χ4n) is 3.60. The Bertz CT molecular complexity index is 715. The van der Waals surface area contributed by atoms with Gasteiger partial charge < -0.3 is 10.3 Å². The van der Waals surface area contributed by atoms with Gasteiger partial charge in [0.2, 0.25) is 0 Å². The Balaban J connectivity index is 1.50. The first-order valence-corrected chi connectivity index (χ1v) is 9.33. The van der Waals surface area contributed by atoms with Crippen molar-refractivity contribution in [1.29, 1.82) is 0 Å². The second-order valence-corrected chi connectivity index (χ2v) is 7.54. The normalized spacial score (nSPS) is 24.8. The third-order valence-electron chi connectivity index (χ3n) is 4.99. The molecule has 120 valence electrons. The summed E-state index contributed by atoms with van der Waals surface area (Å²) in [7, 11) is 0. The minimum absolute atomic E-state index is 0.414. The summed E-state index contributed by atoms with van der Waals surface area (Å²) < 4.78 is 1.31. The summed E-state index contributed by atoms with van der Waals surface area (Å²) in [5.41, 5.74) is 5.54. The highest BCUT2D eigenvalue weighted by atomic mass is 79.9. The van der Waals surface area contributed by atoms with Crippen molar-refractivity contribution in [1.82, 2.24) is 15.3 Å². The number of nitrogens with one attached hydrogen (secondary N) is 2. The molecule has 0 amide bonds. The molecule has 4 heteroatoms. The SMILES string of the molecule is BrC1=CC=C(C2=CC=C(c3cnc(C4CCCN4)[nH]3)CC2)CC1. The topological polar surface area (TPSA) is 40.7 Å². The Labute approximate surface area is 145 Å². The van der Waals surface area contributed by atoms with E-state index in [1.807, 2.05) is 6.20 Å². The number of halogens is 1. The first-order chi connectivity index (χ1) is 11.3. The molecule has 4 rings (SSSR count). The molecule has 3 aliphatic rings. The molecule has 1 saturated heterocycles. The zero-order valence-corrected chi connectivity index (χ0v) is 14.8. The van der Waals surface area contributed by atoms with E-state index >= 15 is 0 Å². The molecule has 0 spiro atoms. The summed E-state index contributed by atoms with van der Waals surface area (Å²) in [6, 6.07) is 0.414. The molecule has 2 N–H and O–H groups in total. The second-order valence-electron chi connectivity index (χ2n) is 6.52. The van der Waals surface area contributed by atoms with E-state index in [1.165, 1.54) is 39.7 Å². The van der Waals surface area contributed by atoms with Gasteiger partial charge >= 0.3 is 0 Å². The number of hydrogen-bond acceptors (Lipinski definition) is 2. The quantitative estimate of drug-likeness (QED) is 0.789. The number of imidazole rings is 1. The lowest BCUT2D eigenvalue weighted by Gasteiger charge is -2.18. The van der Waals surface area contributed by atoms with Gasteiger partial charge in [0, 0.05) is 0 Å². The van der Waals surface area contributed by atoms with Crippen molar-refractivity contribution < 1.29 is 0 Å². The van der Waals surface area contributed by atoms with Crippen molar-refractivity contribution in [3.05, 3.63) is 57.6 Å². The maximum absolute atomic E-state index is 4.59. The summed E-state index contributed by atoms with van der Waals surface area (Å²) in [5.74, 6) is 1.10. The fraction of sp³-hybridized carbons (Fsp3) is 0.421. The Kier molecular flexibility index (Phi) is 4.36. The van der Waals surface area contributed by atoms with Crippen molar-refractivity contribution in [3.63, 3.8) is 0 Å². The standard InChI is InChI=1S/C19H22BrN3/c20-16-9-7-14(8-10-16)13-3-5-15(6-4-13)18-12-22-19(23-18)17-2-1-11-21-17/h3,5,7,9,12,17,21H,1-2,4,6,8,10-11H2,(H,22,23). The van der Waals surface area contributed by atoms with Gasteiger partial charge in [-0.05, 0) is 66.3 Å². The molecular weight excluding hydrogens is 350 g/mol.